The lowest BCUT2D eigenvalue weighted by atomic mass is 10.0. The Hall–Kier alpha value is -3.31. The van der Waals surface area contributed by atoms with Crippen molar-refractivity contribution in [2.75, 3.05) is 0 Å². The molecule has 4 nitrogen and oxygen atoms in total. The van der Waals surface area contributed by atoms with Gasteiger partial charge in [-0.2, -0.15) is 0 Å². The van der Waals surface area contributed by atoms with E-state index in [0.29, 0.717) is 11.3 Å². The number of rotatable bonds is 3. The number of nitrogens with one attached hydrogen (secondary N) is 1. The molecular weight excluding hydrogens is 370 g/mol. The first-order valence-corrected chi connectivity index (χ1v) is 9.71. The van der Waals surface area contributed by atoms with Gasteiger partial charge < -0.3 is 4.42 Å². The predicted octanol–water partition coefficient (Wildman–Crippen LogP) is 5.50. The molecule has 136 valence electrons. The average molecular weight is 385 g/mol. The third kappa shape index (κ3) is 3.21. The lowest BCUT2D eigenvalue weighted by Crippen LogP contribution is -2.17. The van der Waals surface area contributed by atoms with Crippen molar-refractivity contribution in [2.24, 2.45) is 0 Å². The van der Waals surface area contributed by atoms with Crippen LogP contribution in [0.25, 0.3) is 27.8 Å². The Kier molecular flexibility index (Phi) is 4.02. The van der Waals surface area contributed by atoms with E-state index in [9.17, 15) is 9.59 Å². The van der Waals surface area contributed by atoms with Gasteiger partial charge in [-0.05, 0) is 57.9 Å². The van der Waals surface area contributed by atoms with Crippen molar-refractivity contribution in [3.05, 3.63) is 88.5 Å². The minimum Gasteiger partial charge on any atom is -0.461 e. The zero-order valence-electron chi connectivity index (χ0n) is 14.8. The first-order valence-electron chi connectivity index (χ1n) is 8.89. The highest BCUT2D eigenvalue weighted by atomic mass is 32.2. The predicted molar refractivity (Wildman–Crippen MR) is 112 cm³/mol. The maximum Gasteiger partial charge on any atom is 0.290 e. The molecule has 0 atom stereocenters. The molecule has 1 aliphatic rings. The summed E-state index contributed by atoms with van der Waals surface area (Å²) in [6.07, 6.45) is 2.43. The van der Waals surface area contributed by atoms with Crippen LogP contribution in [0.5, 0.6) is 0 Å². The molecule has 0 radical (unpaired) electrons. The van der Waals surface area contributed by atoms with E-state index in [4.69, 9.17) is 4.42 Å². The average Bonchev–Trinajstić information content (AvgIpc) is 3.23. The van der Waals surface area contributed by atoms with Crippen LogP contribution in [-0.4, -0.2) is 11.1 Å². The summed E-state index contributed by atoms with van der Waals surface area (Å²) >= 11 is 0.920. The van der Waals surface area contributed by atoms with Gasteiger partial charge in [0, 0.05) is 11.8 Å². The molecule has 0 spiro atoms. The van der Waals surface area contributed by atoms with E-state index in [2.05, 4.69) is 35.6 Å². The Bertz CT molecular complexity index is 1290. The van der Waals surface area contributed by atoms with Crippen LogP contribution in [0, 0.1) is 0 Å². The highest BCUT2D eigenvalue weighted by molar-refractivity contribution is 8.18. The van der Waals surface area contributed by atoms with Crippen molar-refractivity contribution in [1.29, 1.82) is 0 Å². The first-order chi connectivity index (χ1) is 13.6. The molecule has 5 rings (SSSR count). The van der Waals surface area contributed by atoms with Crippen LogP contribution in [0.3, 0.4) is 0 Å². The number of imide groups is 1. The SMILES string of the molecule is O=C1NC(=O)C(=Cc2ccc3oc(Cc4ccc5ccccc5c4)cc3c2)S1. The fourth-order valence-electron chi connectivity index (χ4n) is 3.42. The van der Waals surface area contributed by atoms with Crippen LogP contribution in [0.15, 0.2) is 76.1 Å². The summed E-state index contributed by atoms with van der Waals surface area (Å²) in [5.74, 6) is 0.539. The molecule has 1 aromatic heterocycles. The third-order valence-electron chi connectivity index (χ3n) is 4.72. The number of thioether (sulfide) groups is 1. The highest BCUT2D eigenvalue weighted by Crippen LogP contribution is 2.28. The number of hydrogen-bond acceptors (Lipinski definition) is 4. The molecule has 0 aliphatic carbocycles. The number of furan rings is 1. The van der Waals surface area contributed by atoms with Crippen LogP contribution in [0.1, 0.15) is 16.9 Å². The molecule has 5 heteroatoms. The molecule has 0 bridgehead atoms. The number of fused-ring (bicyclic) bond motifs is 2. The Morgan fingerprint density at radius 3 is 2.57 bits per heavy atom. The van der Waals surface area contributed by atoms with Gasteiger partial charge in [0.05, 0.1) is 4.91 Å². The van der Waals surface area contributed by atoms with E-state index < -0.39 is 0 Å². The molecule has 3 aromatic carbocycles. The summed E-state index contributed by atoms with van der Waals surface area (Å²) in [6, 6.07) is 22.5. The van der Waals surface area contributed by atoms with E-state index in [1.165, 1.54) is 16.3 Å². The first kappa shape index (κ1) is 16.8. The van der Waals surface area contributed by atoms with Crippen LogP contribution >= 0.6 is 11.8 Å². The van der Waals surface area contributed by atoms with Crippen LogP contribution in [0.2, 0.25) is 0 Å². The van der Waals surface area contributed by atoms with E-state index in [-0.39, 0.29) is 11.1 Å². The van der Waals surface area contributed by atoms with Crippen LogP contribution in [-0.2, 0) is 11.2 Å². The lowest BCUT2D eigenvalue weighted by molar-refractivity contribution is -0.115. The van der Waals surface area contributed by atoms with Crippen molar-refractivity contribution >= 4 is 50.7 Å². The Labute approximate surface area is 165 Å². The summed E-state index contributed by atoms with van der Waals surface area (Å²) in [4.78, 5) is 23.4. The maximum atomic E-state index is 11.7. The van der Waals surface area contributed by atoms with Gasteiger partial charge in [0.1, 0.15) is 11.3 Å². The van der Waals surface area contributed by atoms with Crippen LogP contribution < -0.4 is 5.32 Å². The van der Waals surface area contributed by atoms with Crippen molar-refractivity contribution in [1.82, 2.24) is 5.32 Å². The fourth-order valence-corrected chi connectivity index (χ4v) is 4.10. The molecular formula is C23H15NO3S. The van der Waals surface area contributed by atoms with E-state index in [1.54, 1.807) is 6.08 Å². The Morgan fingerprint density at radius 1 is 0.893 bits per heavy atom. The topological polar surface area (TPSA) is 59.3 Å². The monoisotopic (exact) mass is 385 g/mol. The number of carbonyl (C=O) groups excluding carboxylic acids is 2. The fraction of sp³-hybridized carbons (Fsp3) is 0.0435. The third-order valence-corrected chi connectivity index (χ3v) is 5.53. The molecule has 0 unspecified atom stereocenters. The number of hydrogen-bond donors (Lipinski definition) is 1. The second-order valence-corrected chi connectivity index (χ2v) is 7.74. The second kappa shape index (κ2) is 6.69. The molecule has 1 fully saturated rings. The molecule has 1 aliphatic heterocycles. The maximum absolute atomic E-state index is 11.7. The zero-order chi connectivity index (χ0) is 19.1. The van der Waals surface area contributed by atoms with Gasteiger partial charge in [0.15, 0.2) is 0 Å². The highest BCUT2D eigenvalue weighted by Gasteiger charge is 2.24. The van der Waals surface area contributed by atoms with Gasteiger partial charge in [-0.3, -0.25) is 14.9 Å². The Balaban J connectivity index is 1.44. The van der Waals surface area contributed by atoms with Crippen molar-refractivity contribution in [2.45, 2.75) is 6.42 Å². The lowest BCUT2D eigenvalue weighted by Gasteiger charge is -2.01. The summed E-state index contributed by atoms with van der Waals surface area (Å²) in [5, 5.41) is 5.34. The van der Waals surface area contributed by atoms with Gasteiger partial charge in [-0.1, -0.05) is 48.5 Å². The molecule has 2 heterocycles. The molecule has 1 N–H and O–H groups in total. The van der Waals surface area contributed by atoms with Crippen molar-refractivity contribution in [3.8, 4) is 0 Å². The van der Waals surface area contributed by atoms with Gasteiger partial charge in [-0.15, -0.1) is 0 Å². The molecule has 4 aromatic rings. The van der Waals surface area contributed by atoms with Gasteiger partial charge in [0.2, 0.25) is 0 Å². The van der Waals surface area contributed by atoms with Crippen LogP contribution in [0.4, 0.5) is 4.79 Å². The van der Waals surface area contributed by atoms with Gasteiger partial charge in [-0.25, -0.2) is 0 Å². The van der Waals surface area contributed by atoms with Gasteiger partial charge >= 0.3 is 0 Å². The largest absolute Gasteiger partial charge is 0.461 e. The van der Waals surface area contributed by atoms with E-state index >= 15 is 0 Å². The van der Waals surface area contributed by atoms with Crippen molar-refractivity contribution < 1.29 is 14.0 Å². The smallest absolute Gasteiger partial charge is 0.290 e. The summed E-state index contributed by atoms with van der Waals surface area (Å²) in [6.45, 7) is 0. The summed E-state index contributed by atoms with van der Waals surface area (Å²) in [5.41, 5.74) is 2.85. The van der Waals surface area contributed by atoms with E-state index in [0.717, 1.165) is 34.1 Å². The zero-order valence-corrected chi connectivity index (χ0v) is 15.6. The molecule has 0 saturated carbocycles. The summed E-state index contributed by atoms with van der Waals surface area (Å²) < 4.78 is 5.99. The van der Waals surface area contributed by atoms with E-state index in [1.807, 2.05) is 36.4 Å². The molecule has 28 heavy (non-hydrogen) atoms. The second-order valence-electron chi connectivity index (χ2n) is 6.72. The minimum atomic E-state index is -0.348. The summed E-state index contributed by atoms with van der Waals surface area (Å²) in [7, 11) is 0. The molecule has 1 saturated heterocycles. The van der Waals surface area contributed by atoms with Crippen molar-refractivity contribution in [3.63, 3.8) is 0 Å². The molecule has 2 amide bonds. The normalized spacial score (nSPS) is 15.6. The number of carbonyl (C=O) groups is 2. The number of benzene rings is 3. The minimum absolute atomic E-state index is 0.335. The standard InChI is InChI=1S/C23H15NO3S/c25-22-21(28-23(26)24-22)12-15-6-8-20-18(10-15)13-19(27-20)11-14-5-7-16-3-1-2-4-17(16)9-14/h1-10,12-13H,11H2,(H,24,25,26). The number of amides is 2. The Morgan fingerprint density at radius 2 is 1.75 bits per heavy atom. The quantitative estimate of drug-likeness (QED) is 0.473. The van der Waals surface area contributed by atoms with Gasteiger partial charge in [0.25, 0.3) is 11.1 Å².